The van der Waals surface area contributed by atoms with Crippen LogP contribution < -0.4 is 4.74 Å². The van der Waals surface area contributed by atoms with Crippen LogP contribution in [0.4, 0.5) is 0 Å². The van der Waals surface area contributed by atoms with Crippen LogP contribution in [0.5, 0.6) is 5.75 Å². The zero-order chi connectivity index (χ0) is 15.8. The Balaban J connectivity index is 1.24. The molecule has 0 bridgehead atoms. The fourth-order valence-electron chi connectivity index (χ4n) is 4.46. The van der Waals surface area contributed by atoms with Crippen molar-refractivity contribution in [3.63, 3.8) is 0 Å². The summed E-state index contributed by atoms with van der Waals surface area (Å²) < 4.78 is 5.21. The Bertz CT molecular complexity index is 553. The van der Waals surface area contributed by atoms with E-state index in [2.05, 4.69) is 21.9 Å². The van der Waals surface area contributed by atoms with Gasteiger partial charge in [-0.3, -0.25) is 9.69 Å². The van der Waals surface area contributed by atoms with E-state index in [4.69, 9.17) is 4.74 Å². The molecule has 1 aromatic carbocycles. The van der Waals surface area contributed by atoms with Gasteiger partial charge in [-0.05, 0) is 48.3 Å². The van der Waals surface area contributed by atoms with Crippen LogP contribution in [0.1, 0.15) is 24.8 Å². The molecule has 1 aliphatic carbocycles. The highest BCUT2D eigenvalue weighted by atomic mass is 16.5. The fraction of sp³-hybridized carbons (Fsp3) is 0.632. The summed E-state index contributed by atoms with van der Waals surface area (Å²) in [5, 5.41) is 0. The summed E-state index contributed by atoms with van der Waals surface area (Å²) in [6.07, 6.45) is 3.18. The molecule has 1 saturated carbocycles. The number of methoxy groups -OCH3 is 1. The van der Waals surface area contributed by atoms with Crippen molar-refractivity contribution in [3.05, 3.63) is 29.8 Å². The van der Waals surface area contributed by atoms with E-state index < -0.39 is 0 Å². The Hall–Kier alpha value is -1.55. The van der Waals surface area contributed by atoms with Crippen LogP contribution in [0.2, 0.25) is 0 Å². The molecule has 0 N–H and O–H groups in total. The molecule has 0 spiro atoms. The maximum Gasteiger partial charge on any atom is 0.222 e. The van der Waals surface area contributed by atoms with Crippen molar-refractivity contribution in [1.29, 1.82) is 0 Å². The molecule has 0 aromatic heterocycles. The molecule has 4 rings (SSSR count). The fourth-order valence-corrected chi connectivity index (χ4v) is 4.46. The van der Waals surface area contributed by atoms with Crippen LogP contribution in [-0.4, -0.2) is 49.0 Å². The number of ether oxygens (including phenoxy) is 1. The normalized spacial score (nSPS) is 29.6. The van der Waals surface area contributed by atoms with E-state index in [0.29, 0.717) is 11.8 Å². The maximum atomic E-state index is 12.3. The number of hydrogen-bond donors (Lipinski definition) is 0. The second kappa shape index (κ2) is 6.16. The Kier molecular flexibility index (Phi) is 4.02. The molecule has 1 unspecified atom stereocenters. The van der Waals surface area contributed by atoms with Gasteiger partial charge in [-0.25, -0.2) is 0 Å². The van der Waals surface area contributed by atoms with Crippen LogP contribution in [0, 0.1) is 17.8 Å². The summed E-state index contributed by atoms with van der Waals surface area (Å²) >= 11 is 0. The van der Waals surface area contributed by atoms with Crippen molar-refractivity contribution >= 4 is 5.91 Å². The smallest absolute Gasteiger partial charge is 0.222 e. The molecule has 4 heteroatoms. The zero-order valence-electron chi connectivity index (χ0n) is 13.9. The van der Waals surface area contributed by atoms with Crippen LogP contribution in [0.25, 0.3) is 0 Å². The maximum absolute atomic E-state index is 12.3. The summed E-state index contributed by atoms with van der Waals surface area (Å²) in [5.41, 5.74) is 1.34. The topological polar surface area (TPSA) is 32.8 Å². The van der Waals surface area contributed by atoms with E-state index in [1.807, 2.05) is 12.1 Å². The average Bonchev–Trinajstić information content (AvgIpc) is 3.01. The molecule has 2 saturated heterocycles. The van der Waals surface area contributed by atoms with Crippen molar-refractivity contribution < 1.29 is 9.53 Å². The van der Waals surface area contributed by atoms with Crippen LogP contribution >= 0.6 is 0 Å². The lowest BCUT2D eigenvalue weighted by Crippen LogP contribution is -2.30. The number of piperidine rings is 1. The van der Waals surface area contributed by atoms with E-state index in [0.717, 1.165) is 56.7 Å². The number of amides is 1. The zero-order valence-corrected chi connectivity index (χ0v) is 13.9. The van der Waals surface area contributed by atoms with E-state index >= 15 is 0 Å². The number of rotatable bonds is 5. The van der Waals surface area contributed by atoms with Gasteiger partial charge in [0.2, 0.25) is 5.91 Å². The lowest BCUT2D eigenvalue weighted by Gasteiger charge is -2.20. The Morgan fingerprint density at radius 2 is 1.78 bits per heavy atom. The molecule has 124 valence electrons. The van der Waals surface area contributed by atoms with Crippen LogP contribution in [0.15, 0.2) is 24.3 Å². The molecule has 1 aromatic rings. The minimum atomic E-state index is 0.406. The summed E-state index contributed by atoms with van der Waals surface area (Å²) in [5.74, 6) is 3.51. The van der Waals surface area contributed by atoms with E-state index in [1.54, 1.807) is 7.11 Å². The highest BCUT2D eigenvalue weighted by Gasteiger charge is 2.55. The van der Waals surface area contributed by atoms with Gasteiger partial charge in [0, 0.05) is 39.1 Å². The van der Waals surface area contributed by atoms with E-state index in [1.165, 1.54) is 18.4 Å². The van der Waals surface area contributed by atoms with Crippen molar-refractivity contribution in [2.45, 2.75) is 25.8 Å². The number of carbonyl (C=O) groups excluding carboxylic acids is 1. The Morgan fingerprint density at radius 1 is 1.13 bits per heavy atom. The molecule has 4 nitrogen and oxygen atoms in total. The van der Waals surface area contributed by atoms with Crippen molar-refractivity contribution in [1.82, 2.24) is 9.80 Å². The largest absolute Gasteiger partial charge is 0.497 e. The molecule has 3 aliphatic rings. The molecule has 3 atom stereocenters. The third-order valence-corrected chi connectivity index (χ3v) is 5.88. The quantitative estimate of drug-likeness (QED) is 0.836. The molecular formula is C19H26N2O2. The first-order valence-corrected chi connectivity index (χ1v) is 8.87. The minimum absolute atomic E-state index is 0.406. The average molecular weight is 314 g/mol. The lowest BCUT2D eigenvalue weighted by molar-refractivity contribution is -0.130. The SMILES string of the molecule is COc1ccc(CN2C[C@@H]3C(CC(=O)N4CCCC4)[C@@H]3C2)cc1. The standard InChI is InChI=1S/C19H26N2O2/c1-23-15-6-4-14(5-7-15)11-20-12-17-16(18(17)13-20)10-19(22)21-8-2-3-9-21/h4-7,16-18H,2-3,8-13H2,1H3/t16?,17-,18+. The number of benzene rings is 1. The monoisotopic (exact) mass is 314 g/mol. The van der Waals surface area contributed by atoms with Gasteiger partial charge in [-0.1, -0.05) is 12.1 Å². The summed E-state index contributed by atoms with van der Waals surface area (Å²) in [4.78, 5) is 16.9. The van der Waals surface area contributed by atoms with Crippen LogP contribution in [-0.2, 0) is 11.3 Å². The first-order chi connectivity index (χ1) is 11.2. The third kappa shape index (κ3) is 3.09. The molecule has 23 heavy (non-hydrogen) atoms. The Morgan fingerprint density at radius 3 is 2.39 bits per heavy atom. The number of carbonyl (C=O) groups is 1. The molecular weight excluding hydrogens is 288 g/mol. The summed E-state index contributed by atoms with van der Waals surface area (Å²) in [7, 11) is 1.70. The van der Waals surface area contributed by atoms with Crippen LogP contribution in [0.3, 0.4) is 0 Å². The molecule has 3 fully saturated rings. The predicted octanol–water partition coefficient (Wildman–Crippen LogP) is 2.39. The first-order valence-electron chi connectivity index (χ1n) is 8.87. The van der Waals surface area contributed by atoms with Gasteiger partial charge in [0.1, 0.15) is 5.75 Å². The molecule has 2 aliphatic heterocycles. The van der Waals surface area contributed by atoms with E-state index in [-0.39, 0.29) is 0 Å². The van der Waals surface area contributed by atoms with Gasteiger partial charge in [0.05, 0.1) is 7.11 Å². The molecule has 0 radical (unpaired) electrons. The van der Waals surface area contributed by atoms with Crippen molar-refractivity contribution in [3.8, 4) is 5.75 Å². The third-order valence-electron chi connectivity index (χ3n) is 5.88. The van der Waals surface area contributed by atoms with E-state index in [9.17, 15) is 4.79 Å². The van der Waals surface area contributed by atoms with Gasteiger partial charge in [-0.2, -0.15) is 0 Å². The van der Waals surface area contributed by atoms with Gasteiger partial charge >= 0.3 is 0 Å². The minimum Gasteiger partial charge on any atom is -0.497 e. The van der Waals surface area contributed by atoms with Gasteiger partial charge in [0.15, 0.2) is 0 Å². The second-order valence-electron chi connectivity index (χ2n) is 7.33. The second-order valence-corrected chi connectivity index (χ2v) is 7.33. The van der Waals surface area contributed by atoms with Gasteiger partial charge in [-0.15, -0.1) is 0 Å². The summed E-state index contributed by atoms with van der Waals surface area (Å²) in [6, 6.07) is 8.36. The first kappa shape index (κ1) is 15.0. The van der Waals surface area contributed by atoms with Gasteiger partial charge < -0.3 is 9.64 Å². The number of nitrogens with zero attached hydrogens (tertiary/aromatic N) is 2. The highest BCUT2D eigenvalue weighted by molar-refractivity contribution is 5.77. The predicted molar refractivity (Wildman–Crippen MR) is 89.2 cm³/mol. The summed E-state index contributed by atoms with van der Waals surface area (Å²) in [6.45, 7) is 5.32. The molecule has 2 heterocycles. The Labute approximate surface area is 138 Å². The number of fused-ring (bicyclic) bond motifs is 1. The number of likely N-dealkylation sites (tertiary alicyclic amines) is 2. The van der Waals surface area contributed by atoms with Crippen molar-refractivity contribution in [2.24, 2.45) is 17.8 Å². The lowest BCUT2D eigenvalue weighted by atomic mass is 10.1. The van der Waals surface area contributed by atoms with Gasteiger partial charge in [0.25, 0.3) is 0 Å². The molecule has 1 amide bonds. The number of hydrogen-bond acceptors (Lipinski definition) is 3. The van der Waals surface area contributed by atoms with Crippen molar-refractivity contribution in [2.75, 3.05) is 33.3 Å². The highest BCUT2D eigenvalue weighted by Crippen LogP contribution is 2.54.